The summed E-state index contributed by atoms with van der Waals surface area (Å²) < 4.78 is 43.9. The number of hydrogen-bond acceptors (Lipinski definition) is 5. The summed E-state index contributed by atoms with van der Waals surface area (Å²) in [5.74, 6) is 0.695. The van der Waals surface area contributed by atoms with Gasteiger partial charge < -0.3 is 14.2 Å². The lowest BCUT2D eigenvalue weighted by atomic mass is 9.96. The molecule has 1 atom stereocenters. The average Bonchev–Trinajstić information content (AvgIpc) is 2.65. The van der Waals surface area contributed by atoms with Crippen LogP contribution in [0.2, 0.25) is 5.02 Å². The van der Waals surface area contributed by atoms with Gasteiger partial charge >= 0.3 is 0 Å². The molecule has 0 aliphatic rings. The average molecular weight is 400 g/mol. The van der Waals surface area contributed by atoms with E-state index in [4.69, 9.17) is 25.8 Å². The number of halogens is 1. The van der Waals surface area contributed by atoms with Crippen LogP contribution in [0.25, 0.3) is 0 Å². The van der Waals surface area contributed by atoms with Crippen molar-refractivity contribution in [3.05, 3.63) is 53.1 Å². The van der Waals surface area contributed by atoms with Gasteiger partial charge in [0.2, 0.25) is 10.0 Å². The Kier molecular flexibility index (Phi) is 6.52. The summed E-state index contributed by atoms with van der Waals surface area (Å²) in [5.41, 5.74) is -0.130. The molecule has 2 aromatic carbocycles. The van der Waals surface area contributed by atoms with Gasteiger partial charge in [0.1, 0.15) is 22.0 Å². The van der Waals surface area contributed by atoms with Crippen molar-refractivity contribution < 1.29 is 22.6 Å². The number of ether oxygens (including phenoxy) is 3. The van der Waals surface area contributed by atoms with Gasteiger partial charge in [-0.05, 0) is 36.8 Å². The highest BCUT2D eigenvalue weighted by Gasteiger charge is 2.30. The van der Waals surface area contributed by atoms with E-state index >= 15 is 0 Å². The predicted molar refractivity (Wildman–Crippen MR) is 101 cm³/mol. The second-order valence-electron chi connectivity index (χ2n) is 5.79. The standard InChI is InChI=1S/C18H22ClNO5S/c1-18(25-4,13-6-5-7-14(19)10-13)12-20-26(21,22)17-9-8-15(23-2)11-16(17)24-3/h5-11,20H,12H2,1-4H3. The lowest BCUT2D eigenvalue weighted by Crippen LogP contribution is -2.40. The summed E-state index contributed by atoms with van der Waals surface area (Å²) in [7, 11) is 0.582. The van der Waals surface area contributed by atoms with E-state index in [0.717, 1.165) is 5.56 Å². The maximum atomic E-state index is 12.8. The van der Waals surface area contributed by atoms with E-state index in [1.807, 2.05) is 6.07 Å². The SMILES string of the molecule is COc1ccc(S(=O)(=O)NCC(C)(OC)c2cccc(Cl)c2)c(OC)c1. The molecule has 2 aromatic rings. The summed E-state index contributed by atoms with van der Waals surface area (Å²) in [6.07, 6.45) is 0. The third-order valence-electron chi connectivity index (χ3n) is 4.15. The Bertz CT molecular complexity index is 872. The number of benzene rings is 2. The van der Waals surface area contributed by atoms with Crippen LogP contribution in [0.4, 0.5) is 0 Å². The van der Waals surface area contributed by atoms with Crippen molar-refractivity contribution in [1.82, 2.24) is 4.72 Å². The first-order chi connectivity index (χ1) is 12.3. The van der Waals surface area contributed by atoms with Gasteiger partial charge in [-0.2, -0.15) is 0 Å². The fraction of sp³-hybridized carbons (Fsp3) is 0.333. The van der Waals surface area contributed by atoms with Crippen LogP contribution in [0.15, 0.2) is 47.4 Å². The minimum absolute atomic E-state index is 0.0152. The molecule has 0 saturated heterocycles. The minimum atomic E-state index is -3.83. The van der Waals surface area contributed by atoms with E-state index in [-0.39, 0.29) is 17.2 Å². The van der Waals surface area contributed by atoms with Gasteiger partial charge in [0.05, 0.1) is 14.2 Å². The van der Waals surface area contributed by atoms with Crippen molar-refractivity contribution in [2.75, 3.05) is 27.9 Å². The van der Waals surface area contributed by atoms with E-state index < -0.39 is 15.6 Å². The van der Waals surface area contributed by atoms with E-state index in [9.17, 15) is 8.42 Å². The molecule has 0 fully saturated rings. The molecule has 0 heterocycles. The van der Waals surface area contributed by atoms with E-state index in [0.29, 0.717) is 10.8 Å². The Balaban J connectivity index is 2.29. The molecule has 0 aliphatic carbocycles. The molecule has 1 N–H and O–H groups in total. The second kappa shape index (κ2) is 8.26. The normalized spacial score (nSPS) is 13.9. The topological polar surface area (TPSA) is 73.9 Å². The number of nitrogens with one attached hydrogen (secondary N) is 1. The van der Waals surface area contributed by atoms with Gasteiger partial charge in [-0.1, -0.05) is 23.7 Å². The molecule has 8 heteroatoms. The number of methoxy groups -OCH3 is 3. The number of hydrogen-bond donors (Lipinski definition) is 1. The Labute approximate surface area is 159 Å². The lowest BCUT2D eigenvalue weighted by molar-refractivity contribution is 0.00698. The quantitative estimate of drug-likeness (QED) is 0.737. The Morgan fingerprint density at radius 1 is 1.08 bits per heavy atom. The molecule has 6 nitrogen and oxygen atoms in total. The third-order valence-corrected chi connectivity index (χ3v) is 5.82. The van der Waals surface area contributed by atoms with Crippen LogP contribution in [0.1, 0.15) is 12.5 Å². The molecule has 142 valence electrons. The monoisotopic (exact) mass is 399 g/mol. The number of sulfonamides is 1. The van der Waals surface area contributed by atoms with Crippen molar-refractivity contribution in [2.45, 2.75) is 17.4 Å². The zero-order valence-corrected chi connectivity index (χ0v) is 16.6. The van der Waals surface area contributed by atoms with Crippen LogP contribution < -0.4 is 14.2 Å². The molecular weight excluding hydrogens is 378 g/mol. The zero-order chi connectivity index (χ0) is 19.4. The fourth-order valence-corrected chi connectivity index (χ4v) is 3.88. The summed E-state index contributed by atoms with van der Waals surface area (Å²) in [6.45, 7) is 1.80. The van der Waals surface area contributed by atoms with Gasteiger partial charge in [-0.3, -0.25) is 0 Å². The largest absolute Gasteiger partial charge is 0.497 e. The van der Waals surface area contributed by atoms with E-state index in [2.05, 4.69) is 4.72 Å². The highest BCUT2D eigenvalue weighted by molar-refractivity contribution is 7.89. The Morgan fingerprint density at radius 3 is 2.38 bits per heavy atom. The maximum Gasteiger partial charge on any atom is 0.244 e. The van der Waals surface area contributed by atoms with Crippen LogP contribution in [-0.2, 0) is 20.4 Å². The first kappa shape index (κ1) is 20.5. The summed E-state index contributed by atoms with van der Waals surface area (Å²) in [4.78, 5) is 0.0188. The van der Waals surface area contributed by atoms with Crippen molar-refractivity contribution in [1.29, 1.82) is 0 Å². The van der Waals surface area contributed by atoms with Gasteiger partial charge in [-0.25, -0.2) is 13.1 Å². The summed E-state index contributed by atoms with van der Waals surface area (Å²) in [6, 6.07) is 11.6. The van der Waals surface area contributed by atoms with Crippen LogP contribution in [0.3, 0.4) is 0 Å². The van der Waals surface area contributed by atoms with E-state index in [1.54, 1.807) is 31.2 Å². The first-order valence-corrected chi connectivity index (χ1v) is 9.65. The van der Waals surface area contributed by atoms with Crippen molar-refractivity contribution in [2.24, 2.45) is 0 Å². The highest BCUT2D eigenvalue weighted by atomic mass is 35.5. The molecule has 0 amide bonds. The second-order valence-corrected chi connectivity index (χ2v) is 7.96. The van der Waals surface area contributed by atoms with E-state index in [1.165, 1.54) is 33.5 Å². The molecule has 0 aliphatic heterocycles. The van der Waals surface area contributed by atoms with Crippen LogP contribution >= 0.6 is 11.6 Å². The molecule has 0 aromatic heterocycles. The third kappa shape index (κ3) is 4.48. The summed E-state index contributed by atoms with van der Waals surface area (Å²) in [5, 5.41) is 0.547. The van der Waals surface area contributed by atoms with Gasteiger partial charge in [0.25, 0.3) is 0 Å². The smallest absolute Gasteiger partial charge is 0.244 e. The molecule has 0 bridgehead atoms. The maximum absolute atomic E-state index is 12.8. The molecule has 0 saturated carbocycles. The Morgan fingerprint density at radius 2 is 1.81 bits per heavy atom. The zero-order valence-electron chi connectivity index (χ0n) is 15.1. The van der Waals surface area contributed by atoms with Crippen LogP contribution in [0, 0.1) is 0 Å². The summed E-state index contributed by atoms with van der Waals surface area (Å²) >= 11 is 6.04. The molecular formula is C18H22ClNO5S. The lowest BCUT2D eigenvalue weighted by Gasteiger charge is -2.29. The molecule has 0 spiro atoms. The fourth-order valence-electron chi connectivity index (χ4n) is 2.42. The molecule has 0 radical (unpaired) electrons. The van der Waals surface area contributed by atoms with Crippen molar-refractivity contribution in [3.63, 3.8) is 0 Å². The molecule has 26 heavy (non-hydrogen) atoms. The van der Waals surface area contributed by atoms with Crippen molar-refractivity contribution >= 4 is 21.6 Å². The highest BCUT2D eigenvalue weighted by Crippen LogP contribution is 2.30. The van der Waals surface area contributed by atoms with Gasteiger partial charge in [0.15, 0.2) is 0 Å². The van der Waals surface area contributed by atoms with Crippen LogP contribution in [0.5, 0.6) is 11.5 Å². The first-order valence-electron chi connectivity index (χ1n) is 7.78. The predicted octanol–water partition coefficient (Wildman–Crippen LogP) is 3.20. The van der Waals surface area contributed by atoms with Gasteiger partial charge in [0, 0.05) is 24.7 Å². The van der Waals surface area contributed by atoms with Crippen molar-refractivity contribution in [3.8, 4) is 11.5 Å². The molecule has 2 rings (SSSR count). The molecule has 1 unspecified atom stereocenters. The number of rotatable bonds is 8. The van der Waals surface area contributed by atoms with Gasteiger partial charge in [-0.15, -0.1) is 0 Å². The van der Waals surface area contributed by atoms with Crippen LogP contribution in [-0.4, -0.2) is 36.3 Å². The minimum Gasteiger partial charge on any atom is -0.497 e. The Hall–Kier alpha value is -1.80.